The first kappa shape index (κ1) is 19.9. The molecule has 0 aromatic heterocycles. The summed E-state index contributed by atoms with van der Waals surface area (Å²) in [5.41, 5.74) is 1.66. The van der Waals surface area contributed by atoms with Crippen molar-refractivity contribution < 1.29 is 9.53 Å². The third-order valence-corrected chi connectivity index (χ3v) is 4.23. The molecule has 0 heterocycles. The molecular weight excluding hydrogens is 344 g/mol. The second kappa shape index (κ2) is 10.6. The summed E-state index contributed by atoms with van der Waals surface area (Å²) in [5.74, 6) is 0.451. The number of thiocarbonyl (C=S) groups is 1. The summed E-state index contributed by atoms with van der Waals surface area (Å²) >= 11 is 5.32. The summed E-state index contributed by atoms with van der Waals surface area (Å²) in [5, 5.41) is 6.28. The van der Waals surface area contributed by atoms with Crippen molar-refractivity contribution in [3.63, 3.8) is 0 Å². The minimum absolute atomic E-state index is 0.0627. The molecule has 138 valence electrons. The van der Waals surface area contributed by atoms with Gasteiger partial charge in [0, 0.05) is 5.56 Å². The predicted octanol–water partition coefficient (Wildman–Crippen LogP) is 4.62. The van der Waals surface area contributed by atoms with Crippen LogP contribution in [0.2, 0.25) is 0 Å². The molecule has 0 saturated carbocycles. The number of carbonyl (C=O) groups is 1. The van der Waals surface area contributed by atoms with Crippen molar-refractivity contribution in [1.82, 2.24) is 10.6 Å². The van der Waals surface area contributed by atoms with Gasteiger partial charge >= 0.3 is 0 Å². The average molecular weight is 371 g/mol. The van der Waals surface area contributed by atoms with Gasteiger partial charge in [-0.05, 0) is 48.8 Å². The Kier molecular flexibility index (Phi) is 8.09. The van der Waals surface area contributed by atoms with Crippen LogP contribution in [-0.2, 0) is 0 Å². The molecule has 0 aliphatic carbocycles. The zero-order valence-corrected chi connectivity index (χ0v) is 16.1. The van der Waals surface area contributed by atoms with Gasteiger partial charge in [-0.3, -0.25) is 10.1 Å². The van der Waals surface area contributed by atoms with E-state index in [0.717, 1.165) is 24.8 Å². The lowest BCUT2D eigenvalue weighted by Crippen LogP contribution is -2.40. The van der Waals surface area contributed by atoms with E-state index >= 15 is 0 Å². The summed E-state index contributed by atoms with van der Waals surface area (Å²) in [6, 6.07) is 17.3. The monoisotopic (exact) mass is 370 g/mol. The molecule has 0 radical (unpaired) electrons. The molecule has 0 bridgehead atoms. The van der Waals surface area contributed by atoms with E-state index < -0.39 is 0 Å². The summed E-state index contributed by atoms with van der Waals surface area (Å²) < 4.78 is 5.65. The van der Waals surface area contributed by atoms with Gasteiger partial charge in [-0.15, -0.1) is 0 Å². The van der Waals surface area contributed by atoms with Crippen LogP contribution in [0.15, 0.2) is 54.6 Å². The summed E-state index contributed by atoms with van der Waals surface area (Å²) in [6.07, 6.45) is 2.92. The van der Waals surface area contributed by atoms with E-state index in [4.69, 9.17) is 17.0 Å². The van der Waals surface area contributed by atoms with Crippen molar-refractivity contribution >= 4 is 23.2 Å². The standard InChI is InChI=1S/C21H26N2O2S/c1-3-5-14-25-18-13-9-12-17(15-18)20(24)23-21(26)22-19(4-2)16-10-7-6-8-11-16/h6-13,15,19H,3-5,14H2,1-2H3,(H2,22,23,24,26). The van der Waals surface area contributed by atoms with Gasteiger partial charge in [0.15, 0.2) is 5.11 Å². The van der Waals surface area contributed by atoms with Gasteiger partial charge in [-0.2, -0.15) is 0 Å². The van der Waals surface area contributed by atoms with Gasteiger partial charge in [0.2, 0.25) is 0 Å². The molecule has 0 aliphatic rings. The number of unbranched alkanes of at least 4 members (excludes halogenated alkanes) is 1. The molecule has 2 aromatic rings. The first-order valence-corrected chi connectivity index (χ1v) is 9.44. The van der Waals surface area contributed by atoms with Gasteiger partial charge in [-0.25, -0.2) is 0 Å². The number of amides is 1. The van der Waals surface area contributed by atoms with Crippen LogP contribution in [0.5, 0.6) is 5.75 Å². The Bertz CT molecular complexity index is 719. The SMILES string of the molecule is CCCCOc1cccc(C(=O)NC(=S)NC(CC)c2ccccc2)c1. The van der Waals surface area contributed by atoms with Crippen LogP contribution in [-0.4, -0.2) is 17.6 Å². The van der Waals surface area contributed by atoms with Crippen LogP contribution in [0.4, 0.5) is 0 Å². The van der Waals surface area contributed by atoms with Crippen LogP contribution in [0.1, 0.15) is 55.1 Å². The Morgan fingerprint density at radius 1 is 1.12 bits per heavy atom. The topological polar surface area (TPSA) is 50.4 Å². The van der Waals surface area contributed by atoms with E-state index in [2.05, 4.69) is 24.5 Å². The number of carbonyl (C=O) groups excluding carboxylic acids is 1. The molecule has 0 saturated heterocycles. The van der Waals surface area contributed by atoms with Crippen molar-refractivity contribution in [3.8, 4) is 5.75 Å². The van der Waals surface area contributed by atoms with Crippen molar-refractivity contribution in [2.24, 2.45) is 0 Å². The second-order valence-electron chi connectivity index (χ2n) is 6.03. The average Bonchev–Trinajstić information content (AvgIpc) is 2.67. The van der Waals surface area contributed by atoms with Crippen molar-refractivity contribution in [1.29, 1.82) is 0 Å². The molecule has 0 spiro atoms. The Morgan fingerprint density at radius 3 is 2.58 bits per heavy atom. The maximum absolute atomic E-state index is 12.4. The summed E-state index contributed by atoms with van der Waals surface area (Å²) in [4.78, 5) is 12.4. The summed E-state index contributed by atoms with van der Waals surface area (Å²) in [6.45, 7) is 4.84. The molecule has 1 atom stereocenters. The lowest BCUT2D eigenvalue weighted by molar-refractivity contribution is 0.0976. The summed E-state index contributed by atoms with van der Waals surface area (Å²) in [7, 11) is 0. The lowest BCUT2D eigenvalue weighted by Gasteiger charge is -2.19. The van der Waals surface area contributed by atoms with Crippen LogP contribution in [0, 0.1) is 0 Å². The molecule has 26 heavy (non-hydrogen) atoms. The second-order valence-corrected chi connectivity index (χ2v) is 6.44. The highest BCUT2D eigenvalue weighted by molar-refractivity contribution is 7.80. The van der Waals surface area contributed by atoms with Crippen LogP contribution < -0.4 is 15.4 Å². The normalized spacial score (nSPS) is 11.5. The van der Waals surface area contributed by atoms with E-state index in [9.17, 15) is 4.79 Å². The number of benzene rings is 2. The number of ether oxygens (including phenoxy) is 1. The first-order chi connectivity index (χ1) is 12.6. The zero-order chi connectivity index (χ0) is 18.8. The number of nitrogens with one attached hydrogen (secondary N) is 2. The zero-order valence-electron chi connectivity index (χ0n) is 15.3. The maximum Gasteiger partial charge on any atom is 0.257 e. The largest absolute Gasteiger partial charge is 0.494 e. The first-order valence-electron chi connectivity index (χ1n) is 9.03. The Morgan fingerprint density at radius 2 is 1.88 bits per heavy atom. The highest BCUT2D eigenvalue weighted by Crippen LogP contribution is 2.16. The van der Waals surface area contributed by atoms with E-state index in [1.54, 1.807) is 12.1 Å². The van der Waals surface area contributed by atoms with Crippen LogP contribution in [0.3, 0.4) is 0 Å². The third-order valence-electron chi connectivity index (χ3n) is 4.01. The fourth-order valence-electron chi connectivity index (χ4n) is 2.54. The van der Waals surface area contributed by atoms with Gasteiger partial charge in [0.25, 0.3) is 5.91 Å². The number of hydrogen-bond donors (Lipinski definition) is 2. The lowest BCUT2D eigenvalue weighted by atomic mass is 10.1. The molecule has 2 rings (SSSR count). The molecular formula is C21H26N2O2S. The van der Waals surface area contributed by atoms with Gasteiger partial charge in [-0.1, -0.05) is 56.7 Å². The molecule has 2 aromatic carbocycles. The highest BCUT2D eigenvalue weighted by atomic mass is 32.1. The number of rotatable bonds is 8. The Hall–Kier alpha value is -2.40. The quantitative estimate of drug-likeness (QED) is 0.526. The van der Waals surface area contributed by atoms with Gasteiger partial charge < -0.3 is 10.1 Å². The van der Waals surface area contributed by atoms with E-state index in [1.807, 2.05) is 42.5 Å². The van der Waals surface area contributed by atoms with E-state index in [-0.39, 0.29) is 11.9 Å². The van der Waals surface area contributed by atoms with E-state index in [1.165, 1.54) is 0 Å². The van der Waals surface area contributed by atoms with Crippen LogP contribution in [0.25, 0.3) is 0 Å². The minimum Gasteiger partial charge on any atom is -0.494 e. The fraction of sp³-hybridized carbons (Fsp3) is 0.333. The molecule has 2 N–H and O–H groups in total. The van der Waals surface area contributed by atoms with Gasteiger partial charge in [0.05, 0.1) is 12.6 Å². The third kappa shape index (κ3) is 6.15. The predicted molar refractivity (Wildman–Crippen MR) is 110 cm³/mol. The fourth-order valence-corrected chi connectivity index (χ4v) is 2.77. The van der Waals surface area contributed by atoms with Crippen molar-refractivity contribution in [2.75, 3.05) is 6.61 Å². The molecule has 1 amide bonds. The maximum atomic E-state index is 12.4. The smallest absolute Gasteiger partial charge is 0.257 e. The molecule has 5 heteroatoms. The van der Waals surface area contributed by atoms with E-state index in [0.29, 0.717) is 23.0 Å². The van der Waals surface area contributed by atoms with Crippen molar-refractivity contribution in [3.05, 3.63) is 65.7 Å². The Balaban J connectivity index is 1.94. The minimum atomic E-state index is -0.244. The molecule has 0 fully saturated rings. The highest BCUT2D eigenvalue weighted by Gasteiger charge is 2.13. The number of hydrogen-bond acceptors (Lipinski definition) is 3. The Labute approximate surface area is 161 Å². The molecule has 0 aliphatic heterocycles. The van der Waals surface area contributed by atoms with Crippen molar-refractivity contribution in [2.45, 2.75) is 39.2 Å². The van der Waals surface area contributed by atoms with Crippen LogP contribution >= 0.6 is 12.2 Å². The molecule has 1 unspecified atom stereocenters. The molecule has 4 nitrogen and oxygen atoms in total. The van der Waals surface area contributed by atoms with Gasteiger partial charge in [0.1, 0.15) is 5.75 Å².